The van der Waals surface area contributed by atoms with Crippen molar-refractivity contribution < 1.29 is 19.1 Å². The molecule has 0 saturated carbocycles. The highest BCUT2D eigenvalue weighted by atomic mass is 32.2. The molecule has 0 aliphatic heterocycles. The molecule has 1 rings (SSSR count). The highest BCUT2D eigenvalue weighted by Gasteiger charge is 2.30. The number of thioether (sulfide) groups is 1. The van der Waals surface area contributed by atoms with Crippen molar-refractivity contribution in [2.45, 2.75) is 92.4 Å². The molecule has 0 radical (unpaired) electrons. The van der Waals surface area contributed by atoms with Gasteiger partial charge in [0.25, 0.3) is 0 Å². The third-order valence-corrected chi connectivity index (χ3v) is 7.29. The van der Waals surface area contributed by atoms with E-state index in [1.165, 1.54) is 89.0 Å². The molecule has 0 heterocycles. The second-order valence-corrected chi connectivity index (χ2v) is 11.1. The Balaban J connectivity index is 2.26. The van der Waals surface area contributed by atoms with Crippen LogP contribution >= 0.6 is 11.8 Å². The number of ketones is 2. The van der Waals surface area contributed by atoms with Crippen molar-refractivity contribution in [3.05, 3.63) is 34.1 Å². The number of ether oxygens (including phenoxy) is 2. The standard InChI is InChI=1S/C28H46O4S/c1-20(2)11-8-12-21(3)13-9-14-22(4)15-10-16-23(5)17-18-33-25-19-24(29)27(31-6)28(32-7)26(25)30/h17,19-22H,8-16,18H2,1-7H3/b23-17-/t21-,22-/m1/s1. The van der Waals surface area contributed by atoms with Crippen molar-refractivity contribution in [2.24, 2.45) is 17.8 Å². The lowest BCUT2D eigenvalue weighted by atomic mass is 9.91. The predicted molar refractivity (Wildman–Crippen MR) is 140 cm³/mol. The van der Waals surface area contributed by atoms with Gasteiger partial charge in [-0.05, 0) is 37.5 Å². The first kappa shape index (κ1) is 29.5. The monoisotopic (exact) mass is 478 g/mol. The van der Waals surface area contributed by atoms with Gasteiger partial charge in [0, 0.05) is 11.8 Å². The summed E-state index contributed by atoms with van der Waals surface area (Å²) >= 11 is 1.37. The van der Waals surface area contributed by atoms with Crippen LogP contribution in [0.25, 0.3) is 0 Å². The lowest BCUT2D eigenvalue weighted by Crippen LogP contribution is -2.20. The molecule has 0 spiro atoms. The zero-order chi connectivity index (χ0) is 24.8. The Bertz CT molecular complexity index is 717. The van der Waals surface area contributed by atoms with Gasteiger partial charge in [-0.2, -0.15) is 0 Å². The molecule has 33 heavy (non-hydrogen) atoms. The number of carbonyl (C=O) groups excluding carboxylic acids is 2. The maximum absolute atomic E-state index is 12.5. The van der Waals surface area contributed by atoms with Gasteiger partial charge in [-0.1, -0.05) is 84.3 Å². The SMILES string of the molecule is COC1=C(OC)C(=O)C(SC/C=C(/C)CCC[C@H](C)CCC[C@H](C)CCCC(C)C)=CC1=O. The molecule has 0 saturated heterocycles. The Labute approximate surface area is 206 Å². The number of carbonyl (C=O) groups is 2. The maximum atomic E-state index is 12.5. The molecule has 0 N–H and O–H groups in total. The quantitative estimate of drug-likeness (QED) is 0.159. The van der Waals surface area contributed by atoms with Crippen LogP contribution in [0.5, 0.6) is 0 Å². The second kappa shape index (κ2) is 16.2. The lowest BCUT2D eigenvalue weighted by Gasteiger charge is -2.16. The topological polar surface area (TPSA) is 52.6 Å². The van der Waals surface area contributed by atoms with Crippen LogP contribution in [0.15, 0.2) is 34.1 Å². The molecule has 0 fully saturated rings. The summed E-state index contributed by atoms with van der Waals surface area (Å²) in [6, 6.07) is 0. The van der Waals surface area contributed by atoms with E-state index in [0.29, 0.717) is 10.7 Å². The van der Waals surface area contributed by atoms with E-state index in [1.54, 1.807) is 0 Å². The zero-order valence-corrected chi connectivity index (χ0v) is 22.8. The number of hydrogen-bond acceptors (Lipinski definition) is 5. The van der Waals surface area contributed by atoms with Crippen LogP contribution in [-0.2, 0) is 19.1 Å². The van der Waals surface area contributed by atoms with Gasteiger partial charge in [0.1, 0.15) is 0 Å². The van der Waals surface area contributed by atoms with Gasteiger partial charge in [-0.3, -0.25) is 9.59 Å². The first-order chi connectivity index (χ1) is 15.7. The summed E-state index contributed by atoms with van der Waals surface area (Å²) in [6.45, 7) is 11.6. The van der Waals surface area contributed by atoms with Crippen molar-refractivity contribution in [2.75, 3.05) is 20.0 Å². The van der Waals surface area contributed by atoms with E-state index in [4.69, 9.17) is 9.47 Å². The van der Waals surface area contributed by atoms with E-state index in [2.05, 4.69) is 40.7 Å². The Morgan fingerprint density at radius 2 is 1.42 bits per heavy atom. The van der Waals surface area contributed by atoms with Crippen molar-refractivity contribution >= 4 is 23.3 Å². The van der Waals surface area contributed by atoms with Gasteiger partial charge >= 0.3 is 0 Å². The van der Waals surface area contributed by atoms with Crippen LogP contribution < -0.4 is 0 Å². The Morgan fingerprint density at radius 3 is 1.97 bits per heavy atom. The van der Waals surface area contributed by atoms with E-state index in [-0.39, 0.29) is 23.1 Å². The number of hydrogen-bond donors (Lipinski definition) is 0. The minimum atomic E-state index is -0.323. The van der Waals surface area contributed by atoms with Gasteiger partial charge in [0.2, 0.25) is 23.1 Å². The van der Waals surface area contributed by atoms with Gasteiger partial charge < -0.3 is 9.47 Å². The zero-order valence-electron chi connectivity index (χ0n) is 22.0. The number of Topliss-reactive ketones (excluding diaryl/α,β-unsaturated/α-hetero) is 1. The van der Waals surface area contributed by atoms with Gasteiger partial charge in [0.15, 0.2) is 0 Å². The molecule has 2 atom stereocenters. The van der Waals surface area contributed by atoms with Crippen LogP contribution in [0, 0.1) is 17.8 Å². The maximum Gasteiger partial charge on any atom is 0.238 e. The molecule has 5 heteroatoms. The minimum Gasteiger partial charge on any atom is -0.490 e. The summed E-state index contributed by atoms with van der Waals surface area (Å²) in [4.78, 5) is 25.0. The van der Waals surface area contributed by atoms with Crippen molar-refractivity contribution in [3.8, 4) is 0 Å². The number of methoxy groups -OCH3 is 2. The molecule has 0 bridgehead atoms. The predicted octanol–water partition coefficient (Wildman–Crippen LogP) is 7.65. The lowest BCUT2D eigenvalue weighted by molar-refractivity contribution is -0.119. The van der Waals surface area contributed by atoms with Crippen LogP contribution in [0.2, 0.25) is 0 Å². The van der Waals surface area contributed by atoms with Crippen LogP contribution in [0.4, 0.5) is 0 Å². The fourth-order valence-electron chi connectivity index (χ4n) is 4.15. The van der Waals surface area contributed by atoms with Gasteiger partial charge in [0.05, 0.1) is 19.1 Å². The molecule has 0 amide bonds. The second-order valence-electron chi connectivity index (χ2n) is 9.99. The molecule has 4 nitrogen and oxygen atoms in total. The highest BCUT2D eigenvalue weighted by molar-refractivity contribution is 8.04. The molecular formula is C28H46O4S. The number of rotatable bonds is 17. The Kier molecular flexibility index (Phi) is 14.5. The first-order valence-corrected chi connectivity index (χ1v) is 13.6. The van der Waals surface area contributed by atoms with E-state index >= 15 is 0 Å². The summed E-state index contributed by atoms with van der Waals surface area (Å²) < 4.78 is 10.1. The summed E-state index contributed by atoms with van der Waals surface area (Å²) in [5.41, 5.74) is 1.34. The normalized spacial score (nSPS) is 16.8. The molecule has 0 unspecified atom stereocenters. The largest absolute Gasteiger partial charge is 0.490 e. The molecule has 1 aliphatic rings. The molecule has 1 aliphatic carbocycles. The molecular weight excluding hydrogens is 432 g/mol. The van der Waals surface area contributed by atoms with E-state index in [1.807, 2.05) is 0 Å². The minimum absolute atomic E-state index is 0.00728. The summed E-state index contributed by atoms with van der Waals surface area (Å²) in [5.74, 6) is 2.50. The van der Waals surface area contributed by atoms with Crippen LogP contribution in [0.3, 0.4) is 0 Å². The van der Waals surface area contributed by atoms with Crippen molar-refractivity contribution in [1.29, 1.82) is 0 Å². The fraction of sp³-hybridized carbons (Fsp3) is 0.714. The third-order valence-electron chi connectivity index (χ3n) is 6.34. The van der Waals surface area contributed by atoms with Crippen LogP contribution in [0.1, 0.15) is 92.4 Å². The highest BCUT2D eigenvalue weighted by Crippen LogP contribution is 2.28. The summed E-state index contributed by atoms with van der Waals surface area (Å²) in [5, 5.41) is 0. The Morgan fingerprint density at radius 1 is 0.879 bits per heavy atom. The smallest absolute Gasteiger partial charge is 0.238 e. The number of allylic oxidation sites excluding steroid dienone is 3. The van der Waals surface area contributed by atoms with Crippen molar-refractivity contribution in [3.63, 3.8) is 0 Å². The average Bonchev–Trinajstić information content (AvgIpc) is 2.75. The summed E-state index contributed by atoms with van der Waals surface area (Å²) in [7, 11) is 2.75. The van der Waals surface area contributed by atoms with E-state index in [9.17, 15) is 9.59 Å². The first-order valence-electron chi connectivity index (χ1n) is 12.6. The van der Waals surface area contributed by atoms with E-state index < -0.39 is 0 Å². The third kappa shape index (κ3) is 11.5. The molecule has 188 valence electrons. The molecule has 0 aromatic heterocycles. The van der Waals surface area contributed by atoms with Crippen molar-refractivity contribution in [1.82, 2.24) is 0 Å². The fourth-order valence-corrected chi connectivity index (χ4v) is 5.11. The molecule has 0 aromatic rings. The average molecular weight is 479 g/mol. The van der Waals surface area contributed by atoms with Gasteiger partial charge in [-0.15, -0.1) is 11.8 Å². The Hall–Kier alpha value is -1.49. The molecule has 0 aromatic carbocycles. The summed E-state index contributed by atoms with van der Waals surface area (Å²) in [6.07, 6.45) is 15.2. The van der Waals surface area contributed by atoms with Crippen LogP contribution in [-0.4, -0.2) is 31.5 Å². The van der Waals surface area contributed by atoms with Gasteiger partial charge in [-0.25, -0.2) is 0 Å². The van der Waals surface area contributed by atoms with E-state index in [0.717, 1.165) is 24.2 Å².